The van der Waals surface area contributed by atoms with Crippen molar-refractivity contribution in [2.75, 3.05) is 11.4 Å². The summed E-state index contributed by atoms with van der Waals surface area (Å²) in [4.78, 5) is 13.3. The van der Waals surface area contributed by atoms with Gasteiger partial charge in [-0.2, -0.15) is 0 Å². The first kappa shape index (κ1) is 17.2. The summed E-state index contributed by atoms with van der Waals surface area (Å²) in [5.41, 5.74) is -1.37. The Hall–Kier alpha value is -1.18. The number of alkyl halides is 1. The lowest BCUT2D eigenvalue weighted by Crippen LogP contribution is -2.44. The summed E-state index contributed by atoms with van der Waals surface area (Å²) in [5.74, 6) is -0.0605. The molecule has 2 rings (SSSR count). The summed E-state index contributed by atoms with van der Waals surface area (Å²) in [6, 6.07) is 4.28. The third-order valence-electron chi connectivity index (χ3n) is 2.70. The number of anilines is 1. The van der Waals surface area contributed by atoms with Gasteiger partial charge in [0.05, 0.1) is 12.2 Å². The second-order valence-electron chi connectivity index (χ2n) is 5.66. The molecule has 0 fully saturated rings. The molecule has 1 aromatic carbocycles. The molecule has 1 atom stereocenters. The van der Waals surface area contributed by atoms with Crippen LogP contribution in [0.5, 0.6) is 5.75 Å². The van der Waals surface area contributed by atoms with E-state index in [-0.39, 0.29) is 22.9 Å². The first-order chi connectivity index (χ1) is 9.99. The van der Waals surface area contributed by atoms with Gasteiger partial charge >= 0.3 is 6.09 Å². The Labute approximate surface area is 138 Å². The highest BCUT2D eigenvalue weighted by Gasteiger charge is 2.35. The van der Waals surface area contributed by atoms with E-state index in [9.17, 15) is 13.2 Å². The third-order valence-corrected chi connectivity index (χ3v) is 4.27. The van der Waals surface area contributed by atoms with Crippen molar-refractivity contribution in [3.8, 4) is 5.75 Å². The molecule has 6 nitrogen and oxygen atoms in total. The van der Waals surface area contributed by atoms with Crippen molar-refractivity contribution < 1.29 is 22.7 Å². The molecule has 1 aliphatic heterocycles. The van der Waals surface area contributed by atoms with Gasteiger partial charge in [0.15, 0.2) is 11.3 Å². The van der Waals surface area contributed by atoms with Crippen LogP contribution >= 0.6 is 22.3 Å². The first-order valence-electron chi connectivity index (χ1n) is 6.38. The van der Waals surface area contributed by atoms with E-state index in [1.807, 2.05) is 0 Å². The van der Waals surface area contributed by atoms with E-state index in [1.165, 1.54) is 23.1 Å². The Morgan fingerprint density at radius 1 is 1.41 bits per heavy atom. The van der Waals surface area contributed by atoms with Gasteiger partial charge in [-0.3, -0.25) is 4.90 Å². The fraction of sp³-hybridized carbons (Fsp3) is 0.462. The summed E-state index contributed by atoms with van der Waals surface area (Å²) in [5, 5.41) is 0. The van der Waals surface area contributed by atoms with Gasteiger partial charge in [-0.25, -0.2) is 13.2 Å². The van der Waals surface area contributed by atoms with Crippen LogP contribution in [0.1, 0.15) is 20.8 Å². The number of fused-ring (bicyclic) bond motifs is 1. The van der Waals surface area contributed by atoms with Gasteiger partial charge in [-0.15, -0.1) is 0 Å². The number of rotatable bonds is 1. The number of para-hydroxylation sites is 1. The summed E-state index contributed by atoms with van der Waals surface area (Å²) < 4.78 is 33.9. The molecule has 0 aliphatic carbocycles. The molecule has 0 saturated heterocycles. The molecule has 0 bridgehead atoms. The van der Waals surface area contributed by atoms with Crippen molar-refractivity contribution in [3.63, 3.8) is 0 Å². The lowest BCUT2D eigenvalue weighted by molar-refractivity contribution is 0.0562. The Morgan fingerprint density at radius 2 is 2.05 bits per heavy atom. The normalized spacial score (nSPS) is 18.4. The molecule has 0 spiro atoms. The number of nitrogens with zero attached hydrogens (tertiary/aromatic N) is 1. The van der Waals surface area contributed by atoms with E-state index < -0.39 is 26.3 Å². The maximum atomic E-state index is 12.3. The third kappa shape index (κ3) is 3.77. The van der Waals surface area contributed by atoms with Gasteiger partial charge in [-0.05, 0) is 32.9 Å². The molecule has 1 unspecified atom stereocenters. The monoisotopic (exact) mass is 367 g/mol. The van der Waals surface area contributed by atoms with Crippen LogP contribution in [0, 0.1) is 0 Å². The van der Waals surface area contributed by atoms with E-state index in [1.54, 1.807) is 20.8 Å². The highest BCUT2D eigenvalue weighted by Crippen LogP contribution is 2.41. The standard InChI is InChI=1S/C13H15Cl2NO5S/c1-13(2,3)21-12(17)16-7-10(14)20-11-8(16)5-4-6-9(11)22(15,18)19/h4-6,10H,7H2,1-3H3. The van der Waals surface area contributed by atoms with Crippen LogP contribution in [0.3, 0.4) is 0 Å². The quantitative estimate of drug-likeness (QED) is 0.562. The zero-order valence-electron chi connectivity index (χ0n) is 12.2. The average Bonchev–Trinajstić information content (AvgIpc) is 2.33. The van der Waals surface area contributed by atoms with Crippen LogP contribution in [0.4, 0.5) is 10.5 Å². The SMILES string of the molecule is CC(C)(C)OC(=O)N1CC(Cl)Oc2c1cccc2S(=O)(=O)Cl. The van der Waals surface area contributed by atoms with Crippen molar-refractivity contribution in [1.82, 2.24) is 0 Å². The predicted molar refractivity (Wildman–Crippen MR) is 83.3 cm³/mol. The van der Waals surface area contributed by atoms with Gasteiger partial charge in [-0.1, -0.05) is 17.7 Å². The van der Waals surface area contributed by atoms with Crippen LogP contribution in [0.15, 0.2) is 23.1 Å². The number of carbonyl (C=O) groups excluding carboxylic acids is 1. The largest absolute Gasteiger partial charge is 0.469 e. The summed E-state index contributed by atoms with van der Waals surface area (Å²) >= 11 is 5.97. The summed E-state index contributed by atoms with van der Waals surface area (Å²) in [7, 11) is 1.35. The molecule has 0 saturated carbocycles. The highest BCUT2D eigenvalue weighted by molar-refractivity contribution is 8.13. The van der Waals surface area contributed by atoms with Crippen LogP contribution < -0.4 is 9.64 Å². The van der Waals surface area contributed by atoms with Crippen LogP contribution in [-0.2, 0) is 13.8 Å². The number of halogens is 2. The number of carbonyl (C=O) groups is 1. The van der Waals surface area contributed by atoms with E-state index in [4.69, 9.17) is 31.8 Å². The van der Waals surface area contributed by atoms with Crippen molar-refractivity contribution in [2.45, 2.75) is 36.8 Å². The van der Waals surface area contributed by atoms with E-state index in [0.29, 0.717) is 0 Å². The Balaban J connectivity index is 2.49. The highest BCUT2D eigenvalue weighted by atomic mass is 35.7. The zero-order valence-corrected chi connectivity index (χ0v) is 14.5. The van der Waals surface area contributed by atoms with E-state index in [2.05, 4.69) is 0 Å². The first-order valence-corrected chi connectivity index (χ1v) is 9.12. The molecule has 122 valence electrons. The van der Waals surface area contributed by atoms with Crippen molar-refractivity contribution in [1.29, 1.82) is 0 Å². The second-order valence-corrected chi connectivity index (χ2v) is 8.68. The fourth-order valence-corrected chi connectivity index (χ4v) is 3.13. The Morgan fingerprint density at radius 3 is 2.59 bits per heavy atom. The van der Waals surface area contributed by atoms with Crippen LogP contribution in [0.2, 0.25) is 0 Å². The molecular weight excluding hydrogens is 353 g/mol. The van der Waals surface area contributed by atoms with E-state index in [0.717, 1.165) is 0 Å². The number of hydrogen-bond acceptors (Lipinski definition) is 5. The number of hydrogen-bond donors (Lipinski definition) is 0. The van der Waals surface area contributed by atoms with Crippen LogP contribution in [-0.4, -0.2) is 32.2 Å². The number of benzene rings is 1. The molecule has 0 aromatic heterocycles. The van der Waals surface area contributed by atoms with Crippen molar-refractivity contribution >= 4 is 43.1 Å². The fourth-order valence-electron chi connectivity index (χ4n) is 1.92. The minimum absolute atomic E-state index is 0.0231. The minimum Gasteiger partial charge on any atom is -0.469 e. The maximum Gasteiger partial charge on any atom is 0.415 e. The molecular formula is C13H15Cl2NO5S. The van der Waals surface area contributed by atoms with Crippen molar-refractivity contribution in [3.05, 3.63) is 18.2 Å². The van der Waals surface area contributed by atoms with E-state index >= 15 is 0 Å². The lowest BCUT2D eigenvalue weighted by atomic mass is 10.2. The zero-order chi connectivity index (χ0) is 16.7. The van der Waals surface area contributed by atoms with Gasteiger partial charge in [0, 0.05) is 10.7 Å². The molecule has 1 aliphatic rings. The molecule has 1 amide bonds. The van der Waals surface area contributed by atoms with Gasteiger partial charge in [0.1, 0.15) is 10.5 Å². The number of amides is 1. The van der Waals surface area contributed by atoms with Crippen molar-refractivity contribution in [2.24, 2.45) is 0 Å². The topological polar surface area (TPSA) is 72.9 Å². The second kappa shape index (κ2) is 5.79. The van der Waals surface area contributed by atoms with Gasteiger partial charge in [0.2, 0.25) is 0 Å². The molecule has 1 heterocycles. The molecule has 1 aromatic rings. The lowest BCUT2D eigenvalue weighted by Gasteiger charge is -2.34. The smallest absolute Gasteiger partial charge is 0.415 e. The molecule has 0 radical (unpaired) electrons. The molecule has 22 heavy (non-hydrogen) atoms. The molecule has 0 N–H and O–H groups in total. The Bertz CT molecular complexity index is 699. The molecule has 9 heteroatoms. The number of ether oxygens (including phenoxy) is 2. The maximum absolute atomic E-state index is 12.3. The average molecular weight is 368 g/mol. The minimum atomic E-state index is -4.04. The van der Waals surface area contributed by atoms with Gasteiger partial charge in [0.25, 0.3) is 9.05 Å². The van der Waals surface area contributed by atoms with Crippen LogP contribution in [0.25, 0.3) is 0 Å². The summed E-state index contributed by atoms with van der Waals surface area (Å²) in [6.45, 7) is 5.20. The van der Waals surface area contributed by atoms with Gasteiger partial charge < -0.3 is 9.47 Å². The summed E-state index contributed by atoms with van der Waals surface area (Å²) in [6.07, 6.45) is -0.646. The predicted octanol–water partition coefficient (Wildman–Crippen LogP) is 3.31. The Kier molecular flexibility index (Phi) is 4.52.